The Kier molecular flexibility index (Phi) is 5.38. The molecule has 3 aromatic rings. The van der Waals surface area contributed by atoms with E-state index in [1.807, 2.05) is 44.2 Å². The van der Waals surface area contributed by atoms with Crippen LogP contribution in [0.3, 0.4) is 0 Å². The minimum Gasteiger partial charge on any atom is -0.481 e. The minimum atomic E-state index is -3.73. The van der Waals surface area contributed by atoms with Crippen molar-refractivity contribution in [3.63, 3.8) is 0 Å². The fraction of sp³-hybridized carbons (Fsp3) is 0.273. The molecular formula is C22H22N2O4S2. The van der Waals surface area contributed by atoms with Crippen molar-refractivity contribution in [2.75, 3.05) is 10.8 Å². The Bertz CT molecular complexity index is 1200. The smallest absolute Gasteiger partial charge is 0.303 e. The molecule has 0 fully saturated rings. The van der Waals surface area contributed by atoms with Crippen molar-refractivity contribution in [1.82, 2.24) is 4.98 Å². The topological polar surface area (TPSA) is 87.6 Å². The molecule has 0 aliphatic carbocycles. The molecule has 0 spiro atoms. The van der Waals surface area contributed by atoms with Gasteiger partial charge in [0.15, 0.2) is 0 Å². The van der Waals surface area contributed by atoms with E-state index in [4.69, 9.17) is 5.11 Å². The number of aliphatic carboxylic acids is 1. The molecule has 1 unspecified atom stereocenters. The highest BCUT2D eigenvalue weighted by atomic mass is 32.2. The zero-order chi connectivity index (χ0) is 21.5. The lowest BCUT2D eigenvalue weighted by atomic mass is 9.93. The second kappa shape index (κ2) is 7.85. The van der Waals surface area contributed by atoms with E-state index in [0.717, 1.165) is 26.4 Å². The third-order valence-electron chi connectivity index (χ3n) is 5.39. The number of hydrogen-bond donors (Lipinski definition) is 1. The molecule has 0 amide bonds. The van der Waals surface area contributed by atoms with Gasteiger partial charge in [0, 0.05) is 41.0 Å². The first-order valence-electron chi connectivity index (χ1n) is 9.63. The number of carbonyl (C=O) groups is 1. The van der Waals surface area contributed by atoms with Crippen molar-refractivity contribution in [2.24, 2.45) is 0 Å². The first-order valence-corrected chi connectivity index (χ1v) is 11.9. The van der Waals surface area contributed by atoms with Gasteiger partial charge in [0.25, 0.3) is 10.0 Å². The standard InChI is InChI=1S/C22H22N2O4S2/c1-14-10-21(15(2)29-14)30(27,28)24-13-18(6-8-22(25)26)19-11-16(5-7-20(19)24)17-4-3-9-23-12-17/h3-5,7,9-12,18H,6,8,13H2,1-2H3,(H,25,26). The number of carboxylic acids is 1. The first kappa shape index (κ1) is 20.6. The molecule has 3 heterocycles. The summed E-state index contributed by atoms with van der Waals surface area (Å²) in [7, 11) is -3.73. The monoisotopic (exact) mass is 442 g/mol. The zero-order valence-electron chi connectivity index (χ0n) is 16.7. The molecular weight excluding hydrogens is 420 g/mol. The zero-order valence-corrected chi connectivity index (χ0v) is 18.3. The van der Waals surface area contributed by atoms with E-state index in [1.54, 1.807) is 18.5 Å². The normalized spacial score (nSPS) is 15.9. The summed E-state index contributed by atoms with van der Waals surface area (Å²) in [5.74, 6) is -1.06. The van der Waals surface area contributed by atoms with Crippen LogP contribution in [0.2, 0.25) is 0 Å². The van der Waals surface area contributed by atoms with E-state index in [9.17, 15) is 13.2 Å². The molecule has 0 saturated carbocycles. The summed E-state index contributed by atoms with van der Waals surface area (Å²) in [4.78, 5) is 17.3. The van der Waals surface area contributed by atoms with Gasteiger partial charge in [0.05, 0.1) is 5.69 Å². The maximum Gasteiger partial charge on any atom is 0.303 e. The summed E-state index contributed by atoms with van der Waals surface area (Å²) < 4.78 is 28.4. The number of fused-ring (bicyclic) bond motifs is 1. The van der Waals surface area contributed by atoms with Gasteiger partial charge in [0.2, 0.25) is 0 Å². The first-order chi connectivity index (χ1) is 14.3. The molecule has 0 saturated heterocycles. The van der Waals surface area contributed by atoms with Gasteiger partial charge < -0.3 is 5.11 Å². The van der Waals surface area contributed by atoms with Gasteiger partial charge in [-0.05, 0) is 61.2 Å². The highest BCUT2D eigenvalue weighted by Gasteiger charge is 2.38. The average molecular weight is 443 g/mol. The van der Waals surface area contributed by atoms with Crippen LogP contribution in [0.15, 0.2) is 53.7 Å². The van der Waals surface area contributed by atoms with Crippen LogP contribution in [0.4, 0.5) is 5.69 Å². The molecule has 1 aliphatic heterocycles. The molecule has 1 N–H and O–H groups in total. The second-order valence-corrected chi connectivity index (χ2v) is 10.7. The van der Waals surface area contributed by atoms with Gasteiger partial charge >= 0.3 is 5.97 Å². The molecule has 0 radical (unpaired) electrons. The second-order valence-electron chi connectivity index (χ2n) is 7.46. The van der Waals surface area contributed by atoms with Crippen molar-refractivity contribution >= 4 is 33.0 Å². The number of rotatable bonds is 6. The molecule has 1 atom stereocenters. The van der Waals surface area contributed by atoms with Crippen LogP contribution in [0.1, 0.15) is 34.1 Å². The molecule has 30 heavy (non-hydrogen) atoms. The molecule has 4 rings (SSSR count). The predicted octanol–water partition coefficient (Wildman–Crippen LogP) is 4.58. The van der Waals surface area contributed by atoms with Crippen LogP contribution < -0.4 is 4.31 Å². The van der Waals surface area contributed by atoms with Crippen LogP contribution in [0, 0.1) is 13.8 Å². The summed E-state index contributed by atoms with van der Waals surface area (Å²) in [6, 6.07) is 11.2. The van der Waals surface area contributed by atoms with Crippen LogP contribution in [-0.4, -0.2) is 31.0 Å². The Balaban J connectivity index is 1.79. The van der Waals surface area contributed by atoms with Gasteiger partial charge in [-0.25, -0.2) is 8.42 Å². The van der Waals surface area contributed by atoms with E-state index in [1.165, 1.54) is 15.6 Å². The molecule has 1 aliphatic rings. The predicted molar refractivity (Wildman–Crippen MR) is 118 cm³/mol. The van der Waals surface area contributed by atoms with Gasteiger partial charge in [0.1, 0.15) is 4.90 Å². The van der Waals surface area contributed by atoms with Gasteiger partial charge in [-0.2, -0.15) is 0 Å². The molecule has 156 valence electrons. The highest BCUT2D eigenvalue weighted by molar-refractivity contribution is 7.93. The van der Waals surface area contributed by atoms with Crippen LogP contribution in [0.25, 0.3) is 11.1 Å². The van der Waals surface area contributed by atoms with E-state index in [0.29, 0.717) is 17.0 Å². The number of aromatic nitrogens is 1. The summed E-state index contributed by atoms with van der Waals surface area (Å²) in [5, 5.41) is 9.16. The number of pyridine rings is 1. The molecule has 2 aromatic heterocycles. The number of thiophene rings is 1. The van der Waals surface area contributed by atoms with Crippen molar-refractivity contribution in [3.8, 4) is 11.1 Å². The van der Waals surface area contributed by atoms with E-state index < -0.39 is 16.0 Å². The Morgan fingerprint density at radius 3 is 2.67 bits per heavy atom. The lowest BCUT2D eigenvalue weighted by molar-refractivity contribution is -0.137. The third kappa shape index (κ3) is 3.73. The number of anilines is 1. The van der Waals surface area contributed by atoms with Crippen molar-refractivity contribution in [1.29, 1.82) is 0 Å². The molecule has 6 nitrogen and oxygen atoms in total. The summed E-state index contributed by atoms with van der Waals surface area (Å²) in [6.07, 6.45) is 3.83. The summed E-state index contributed by atoms with van der Waals surface area (Å²) in [5.41, 5.74) is 3.36. The third-order valence-corrected chi connectivity index (χ3v) is 8.39. The van der Waals surface area contributed by atoms with Gasteiger partial charge in [-0.15, -0.1) is 11.3 Å². The Hall–Kier alpha value is -2.71. The largest absolute Gasteiger partial charge is 0.481 e. The molecule has 8 heteroatoms. The number of carboxylic acid groups (broad SMARTS) is 1. The number of sulfonamides is 1. The fourth-order valence-corrected chi connectivity index (χ4v) is 7.04. The summed E-state index contributed by atoms with van der Waals surface area (Å²) >= 11 is 1.46. The lowest BCUT2D eigenvalue weighted by Crippen LogP contribution is -2.30. The Morgan fingerprint density at radius 1 is 1.23 bits per heavy atom. The van der Waals surface area contributed by atoms with Gasteiger partial charge in [-0.3, -0.25) is 14.1 Å². The minimum absolute atomic E-state index is 0.00823. The fourth-order valence-electron chi connectivity index (χ4n) is 3.97. The lowest BCUT2D eigenvalue weighted by Gasteiger charge is -2.20. The van der Waals surface area contributed by atoms with E-state index in [2.05, 4.69) is 4.98 Å². The van der Waals surface area contributed by atoms with Crippen molar-refractivity contribution < 1.29 is 18.3 Å². The van der Waals surface area contributed by atoms with Crippen LogP contribution >= 0.6 is 11.3 Å². The maximum atomic E-state index is 13.5. The van der Waals surface area contributed by atoms with Crippen LogP contribution in [0.5, 0.6) is 0 Å². The number of nitrogens with zero attached hydrogens (tertiary/aromatic N) is 2. The molecule has 1 aromatic carbocycles. The average Bonchev–Trinajstić information content (AvgIpc) is 3.26. The van der Waals surface area contributed by atoms with Crippen molar-refractivity contribution in [2.45, 2.75) is 37.5 Å². The number of aryl methyl sites for hydroxylation is 2. The van der Waals surface area contributed by atoms with E-state index >= 15 is 0 Å². The Morgan fingerprint density at radius 2 is 2.03 bits per heavy atom. The van der Waals surface area contributed by atoms with Gasteiger partial charge in [-0.1, -0.05) is 12.1 Å². The number of hydrogen-bond acceptors (Lipinski definition) is 5. The molecule has 0 bridgehead atoms. The Labute approximate surface area is 179 Å². The van der Waals surface area contributed by atoms with E-state index in [-0.39, 0.29) is 18.9 Å². The number of benzene rings is 1. The van der Waals surface area contributed by atoms with Crippen LogP contribution in [-0.2, 0) is 14.8 Å². The quantitative estimate of drug-likeness (QED) is 0.604. The SMILES string of the molecule is Cc1cc(S(=O)(=O)N2CC(CCC(=O)O)c3cc(-c4cccnc4)ccc32)c(C)s1. The maximum absolute atomic E-state index is 13.5. The van der Waals surface area contributed by atoms with Crippen molar-refractivity contribution in [3.05, 3.63) is 64.1 Å². The summed E-state index contributed by atoms with van der Waals surface area (Å²) in [6.45, 7) is 3.95. The highest BCUT2D eigenvalue weighted by Crippen LogP contribution is 2.44.